The summed E-state index contributed by atoms with van der Waals surface area (Å²) in [5.74, 6) is 0.804. The molecule has 1 saturated carbocycles. The first-order valence-corrected chi connectivity index (χ1v) is 10.1. The van der Waals surface area contributed by atoms with E-state index < -0.39 is 0 Å². The summed E-state index contributed by atoms with van der Waals surface area (Å²) in [7, 11) is 0. The predicted octanol–water partition coefficient (Wildman–Crippen LogP) is 3.52. The summed E-state index contributed by atoms with van der Waals surface area (Å²) in [5.41, 5.74) is 4.98. The highest BCUT2D eigenvalue weighted by Crippen LogP contribution is 2.31. The number of hydrogen-bond donors (Lipinski definition) is 1. The Bertz CT molecular complexity index is 747. The maximum Gasteiger partial charge on any atom is 0.220 e. The number of nitrogens with zero attached hydrogens (tertiary/aromatic N) is 3. The fraction of sp³-hybridized carbons (Fsp3) is 0.571. The van der Waals surface area contributed by atoms with Crippen molar-refractivity contribution < 1.29 is 4.79 Å². The first-order valence-electron chi connectivity index (χ1n) is 10.1. The molecule has 138 valence electrons. The zero-order chi connectivity index (χ0) is 17.8. The van der Waals surface area contributed by atoms with Crippen LogP contribution in [-0.2, 0) is 24.2 Å². The van der Waals surface area contributed by atoms with Crippen LogP contribution < -0.4 is 5.32 Å². The maximum atomic E-state index is 12.2. The van der Waals surface area contributed by atoms with Crippen LogP contribution in [0.25, 0.3) is 11.3 Å². The van der Waals surface area contributed by atoms with Crippen LogP contribution in [0.2, 0.25) is 0 Å². The number of hydrogen-bond acceptors (Lipinski definition) is 3. The molecule has 2 aromatic rings. The highest BCUT2D eigenvalue weighted by molar-refractivity contribution is 5.76. The molecule has 0 aliphatic heterocycles. The van der Waals surface area contributed by atoms with E-state index in [0.29, 0.717) is 18.9 Å². The van der Waals surface area contributed by atoms with Gasteiger partial charge in [-0.1, -0.05) is 12.8 Å². The van der Waals surface area contributed by atoms with Gasteiger partial charge in [-0.25, -0.2) is 0 Å². The van der Waals surface area contributed by atoms with Crippen molar-refractivity contribution in [3.05, 3.63) is 35.8 Å². The zero-order valence-electron chi connectivity index (χ0n) is 15.4. The van der Waals surface area contributed by atoms with E-state index in [1.165, 1.54) is 49.8 Å². The van der Waals surface area contributed by atoms with Crippen LogP contribution in [0, 0.1) is 5.92 Å². The minimum absolute atomic E-state index is 0.201. The van der Waals surface area contributed by atoms with E-state index in [1.54, 1.807) is 0 Å². The van der Waals surface area contributed by atoms with Gasteiger partial charge in [0.05, 0.1) is 12.2 Å². The highest BCUT2D eigenvalue weighted by Gasteiger charge is 2.22. The molecule has 0 atom stereocenters. The molecule has 2 heterocycles. The Hall–Kier alpha value is -2.17. The van der Waals surface area contributed by atoms with Crippen molar-refractivity contribution in [1.29, 1.82) is 0 Å². The number of rotatable bonds is 6. The van der Waals surface area contributed by atoms with Crippen LogP contribution in [0.1, 0.15) is 56.2 Å². The lowest BCUT2D eigenvalue weighted by Gasteiger charge is -2.15. The lowest BCUT2D eigenvalue weighted by Crippen LogP contribution is -2.29. The van der Waals surface area contributed by atoms with Crippen LogP contribution in [0.3, 0.4) is 0 Å². The van der Waals surface area contributed by atoms with Crippen LogP contribution in [0.4, 0.5) is 0 Å². The van der Waals surface area contributed by atoms with Crippen LogP contribution in [-0.4, -0.2) is 27.2 Å². The number of amides is 1. The lowest BCUT2D eigenvalue weighted by atomic mass is 9.94. The quantitative estimate of drug-likeness (QED) is 0.865. The fourth-order valence-corrected chi connectivity index (χ4v) is 4.45. The lowest BCUT2D eigenvalue weighted by molar-refractivity contribution is -0.122. The largest absolute Gasteiger partial charge is 0.354 e. The number of fused-ring (bicyclic) bond motifs is 1. The molecule has 0 radical (unpaired) electrons. The summed E-state index contributed by atoms with van der Waals surface area (Å²) >= 11 is 0. The summed E-state index contributed by atoms with van der Waals surface area (Å²) in [6, 6.07) is 4.07. The van der Waals surface area contributed by atoms with E-state index in [2.05, 4.69) is 15.0 Å². The van der Waals surface area contributed by atoms with E-state index in [1.807, 2.05) is 24.5 Å². The van der Waals surface area contributed by atoms with Gasteiger partial charge in [0.25, 0.3) is 0 Å². The van der Waals surface area contributed by atoms with Gasteiger partial charge in [0.15, 0.2) is 0 Å². The number of nitrogens with one attached hydrogen (secondary N) is 1. The Labute approximate surface area is 155 Å². The highest BCUT2D eigenvalue weighted by atomic mass is 16.1. The van der Waals surface area contributed by atoms with Crippen molar-refractivity contribution in [3.63, 3.8) is 0 Å². The van der Waals surface area contributed by atoms with Crippen molar-refractivity contribution >= 4 is 5.91 Å². The number of aromatic nitrogens is 3. The minimum atomic E-state index is 0.201. The second kappa shape index (κ2) is 8.02. The van der Waals surface area contributed by atoms with E-state index in [9.17, 15) is 4.79 Å². The molecule has 2 aliphatic carbocycles. The van der Waals surface area contributed by atoms with Gasteiger partial charge in [-0.05, 0) is 56.6 Å². The maximum absolute atomic E-state index is 12.2. The summed E-state index contributed by atoms with van der Waals surface area (Å²) in [4.78, 5) is 16.3. The SMILES string of the molecule is O=C(CC1CCCC1)NCCn1nc(-c2ccncc2)c2c1CCCC2. The Kier molecular flexibility index (Phi) is 5.32. The van der Waals surface area contributed by atoms with Gasteiger partial charge in [-0.2, -0.15) is 5.10 Å². The molecule has 1 fully saturated rings. The van der Waals surface area contributed by atoms with E-state index in [0.717, 1.165) is 30.6 Å². The van der Waals surface area contributed by atoms with Gasteiger partial charge >= 0.3 is 0 Å². The average molecular weight is 352 g/mol. The minimum Gasteiger partial charge on any atom is -0.354 e. The van der Waals surface area contributed by atoms with Crippen molar-refractivity contribution in [1.82, 2.24) is 20.1 Å². The van der Waals surface area contributed by atoms with Gasteiger partial charge < -0.3 is 5.32 Å². The van der Waals surface area contributed by atoms with Crippen LogP contribution in [0.15, 0.2) is 24.5 Å². The molecule has 2 aromatic heterocycles. The predicted molar refractivity (Wildman–Crippen MR) is 102 cm³/mol. The monoisotopic (exact) mass is 352 g/mol. The van der Waals surface area contributed by atoms with Crippen molar-refractivity contribution in [3.8, 4) is 11.3 Å². The molecule has 4 rings (SSSR count). The van der Waals surface area contributed by atoms with Crippen molar-refractivity contribution in [2.24, 2.45) is 5.92 Å². The van der Waals surface area contributed by atoms with Gasteiger partial charge in [-0.3, -0.25) is 14.5 Å². The summed E-state index contributed by atoms with van der Waals surface area (Å²) in [6.07, 6.45) is 14.0. The second-order valence-electron chi connectivity index (χ2n) is 7.64. The van der Waals surface area contributed by atoms with Crippen LogP contribution >= 0.6 is 0 Å². The van der Waals surface area contributed by atoms with E-state index in [-0.39, 0.29) is 5.91 Å². The molecule has 1 amide bonds. The standard InChI is InChI=1S/C21H28N4O/c26-20(15-16-5-1-2-6-16)23-13-14-25-19-8-4-3-7-18(19)21(24-25)17-9-11-22-12-10-17/h9-12,16H,1-8,13-15H2,(H,23,26). The first-order chi connectivity index (χ1) is 12.8. The summed E-state index contributed by atoms with van der Waals surface area (Å²) in [5, 5.41) is 8.00. The molecule has 5 heteroatoms. The molecule has 0 aromatic carbocycles. The third-order valence-corrected chi connectivity index (χ3v) is 5.81. The Morgan fingerprint density at radius 3 is 2.69 bits per heavy atom. The zero-order valence-corrected chi connectivity index (χ0v) is 15.4. The fourth-order valence-electron chi connectivity index (χ4n) is 4.45. The topological polar surface area (TPSA) is 59.8 Å². The first kappa shape index (κ1) is 17.3. The van der Waals surface area contributed by atoms with E-state index in [4.69, 9.17) is 5.10 Å². The van der Waals surface area contributed by atoms with Gasteiger partial charge in [0.1, 0.15) is 0 Å². The Morgan fingerprint density at radius 2 is 1.88 bits per heavy atom. The second-order valence-corrected chi connectivity index (χ2v) is 7.64. The van der Waals surface area contributed by atoms with Crippen molar-refractivity contribution in [2.45, 2.75) is 64.3 Å². The number of carbonyl (C=O) groups excluding carboxylic acids is 1. The molecule has 0 unspecified atom stereocenters. The molecule has 5 nitrogen and oxygen atoms in total. The molecule has 0 bridgehead atoms. The number of carbonyl (C=O) groups is 1. The van der Waals surface area contributed by atoms with Crippen LogP contribution in [0.5, 0.6) is 0 Å². The summed E-state index contributed by atoms with van der Waals surface area (Å²) < 4.78 is 2.13. The normalized spacial score (nSPS) is 17.2. The van der Waals surface area contributed by atoms with Crippen molar-refractivity contribution in [2.75, 3.05) is 6.54 Å². The molecule has 0 saturated heterocycles. The third kappa shape index (κ3) is 3.81. The smallest absolute Gasteiger partial charge is 0.220 e. The molecule has 1 N–H and O–H groups in total. The van der Waals surface area contributed by atoms with Gasteiger partial charge in [-0.15, -0.1) is 0 Å². The third-order valence-electron chi connectivity index (χ3n) is 5.81. The molecular weight excluding hydrogens is 324 g/mol. The molecule has 2 aliphatic rings. The Morgan fingerprint density at radius 1 is 1.12 bits per heavy atom. The molecular formula is C21H28N4O. The summed E-state index contributed by atoms with van der Waals surface area (Å²) in [6.45, 7) is 1.42. The average Bonchev–Trinajstić information content (AvgIpc) is 3.31. The van der Waals surface area contributed by atoms with E-state index >= 15 is 0 Å². The molecule has 0 spiro atoms. The molecule has 26 heavy (non-hydrogen) atoms. The van der Waals surface area contributed by atoms with Gasteiger partial charge in [0, 0.05) is 42.2 Å². The van der Waals surface area contributed by atoms with Gasteiger partial charge in [0.2, 0.25) is 5.91 Å². The number of pyridine rings is 1. The Balaban J connectivity index is 1.41.